The van der Waals surface area contributed by atoms with Crippen molar-refractivity contribution in [3.63, 3.8) is 0 Å². The predicted octanol–water partition coefficient (Wildman–Crippen LogP) is 16.5. The largest absolute Gasteiger partial charge is 0.462 e. The van der Waals surface area contributed by atoms with Gasteiger partial charge in [-0.25, -0.2) is 0 Å². The van der Waals surface area contributed by atoms with Crippen molar-refractivity contribution in [1.82, 2.24) is 0 Å². The van der Waals surface area contributed by atoms with Gasteiger partial charge in [-0.3, -0.25) is 14.4 Å². The molecule has 0 saturated carbocycles. The lowest BCUT2D eigenvalue weighted by molar-refractivity contribution is -0.167. The molecule has 0 unspecified atom stereocenters. The molecule has 0 bridgehead atoms. The summed E-state index contributed by atoms with van der Waals surface area (Å²) >= 11 is 0. The van der Waals surface area contributed by atoms with Crippen LogP contribution in [-0.4, -0.2) is 37.2 Å². The Balaban J connectivity index is 4.38. The molecule has 1 atom stereocenters. The zero-order valence-corrected chi connectivity index (χ0v) is 39.3. The van der Waals surface area contributed by atoms with Gasteiger partial charge < -0.3 is 14.2 Å². The topological polar surface area (TPSA) is 78.9 Å². The molecule has 0 amide bonds. The fourth-order valence-corrected chi connectivity index (χ4v) is 7.18. The molecule has 59 heavy (non-hydrogen) atoms. The van der Waals surface area contributed by atoms with E-state index in [-0.39, 0.29) is 31.1 Å². The Morgan fingerprint density at radius 3 is 0.898 bits per heavy atom. The third-order valence-electron chi connectivity index (χ3n) is 11.1. The molecule has 0 aliphatic rings. The smallest absolute Gasteiger partial charge is 0.306 e. The zero-order chi connectivity index (χ0) is 43.0. The molecular formula is C53H96O6. The molecule has 0 N–H and O–H groups in total. The van der Waals surface area contributed by atoms with Crippen molar-refractivity contribution in [3.05, 3.63) is 36.5 Å². The Labute approximate surface area is 365 Å². The summed E-state index contributed by atoms with van der Waals surface area (Å²) in [6.07, 6.45) is 55.5. The lowest BCUT2D eigenvalue weighted by Gasteiger charge is -2.18. The van der Waals surface area contributed by atoms with Gasteiger partial charge in [0, 0.05) is 19.3 Å². The summed E-state index contributed by atoms with van der Waals surface area (Å²) in [5.74, 6) is -0.900. The summed E-state index contributed by atoms with van der Waals surface area (Å²) in [7, 11) is 0. The molecule has 0 aromatic rings. The Morgan fingerprint density at radius 2 is 0.576 bits per heavy atom. The fourth-order valence-electron chi connectivity index (χ4n) is 7.18. The van der Waals surface area contributed by atoms with Gasteiger partial charge in [-0.2, -0.15) is 0 Å². The molecule has 0 aliphatic carbocycles. The maximum Gasteiger partial charge on any atom is 0.306 e. The third kappa shape index (κ3) is 46.5. The van der Waals surface area contributed by atoms with Crippen molar-refractivity contribution in [1.29, 1.82) is 0 Å². The second kappa shape index (κ2) is 48.3. The van der Waals surface area contributed by atoms with Gasteiger partial charge in [0.2, 0.25) is 0 Å². The molecule has 344 valence electrons. The first-order chi connectivity index (χ1) is 29.0. The predicted molar refractivity (Wildman–Crippen MR) is 252 cm³/mol. The second-order valence-electron chi connectivity index (χ2n) is 17.1. The van der Waals surface area contributed by atoms with Crippen LogP contribution in [0, 0.1) is 0 Å². The Kier molecular flexibility index (Phi) is 46.4. The van der Waals surface area contributed by atoms with E-state index in [1.165, 1.54) is 141 Å². The molecule has 0 aromatic carbocycles. The van der Waals surface area contributed by atoms with Gasteiger partial charge in [0.05, 0.1) is 0 Å². The number of esters is 3. The number of hydrogen-bond donors (Lipinski definition) is 0. The van der Waals surface area contributed by atoms with Crippen molar-refractivity contribution in [2.45, 2.75) is 271 Å². The summed E-state index contributed by atoms with van der Waals surface area (Å²) in [6, 6.07) is 0. The number of carbonyl (C=O) groups excluding carboxylic acids is 3. The SMILES string of the molecule is CCCC/C=C\CCCCCCCC(=O)OC[C@H](COC(=O)CCCCCCC/C=C\CCCCCCCC)OC(=O)CCCCCCC/C=C\CCCCCCCC. The number of unbranched alkanes of at least 4 members (excludes halogenated alkanes) is 29. The summed E-state index contributed by atoms with van der Waals surface area (Å²) in [6.45, 7) is 6.58. The quantitative estimate of drug-likeness (QED) is 0.0263. The number of hydrogen-bond acceptors (Lipinski definition) is 6. The van der Waals surface area contributed by atoms with Gasteiger partial charge >= 0.3 is 17.9 Å². The zero-order valence-electron chi connectivity index (χ0n) is 39.3. The maximum atomic E-state index is 12.8. The summed E-state index contributed by atoms with van der Waals surface area (Å²) in [5, 5.41) is 0. The normalized spacial score (nSPS) is 12.3. The Hall–Kier alpha value is -2.37. The monoisotopic (exact) mass is 829 g/mol. The van der Waals surface area contributed by atoms with E-state index in [0.29, 0.717) is 19.3 Å². The Bertz CT molecular complexity index is 1000. The highest BCUT2D eigenvalue weighted by atomic mass is 16.6. The van der Waals surface area contributed by atoms with Crippen molar-refractivity contribution in [3.8, 4) is 0 Å². The van der Waals surface area contributed by atoms with Crippen LogP contribution in [0.15, 0.2) is 36.5 Å². The fraction of sp³-hybridized carbons (Fsp3) is 0.830. The van der Waals surface area contributed by atoms with Crippen molar-refractivity contribution < 1.29 is 28.6 Å². The standard InChI is InChI=1S/C53H96O6/c1-4-7-10-13-16-19-22-24-26-28-31-34-37-40-43-46-52(55)58-49-50(48-57-51(54)45-42-39-36-33-30-21-18-15-12-9-6-3)59-53(56)47-44-41-38-35-32-29-27-25-23-20-17-14-11-8-5-2/h15,18,24-27,50H,4-14,16-17,19-23,28-49H2,1-3H3/b18-15-,26-24-,27-25-/t50-/m1/s1. The molecule has 0 saturated heterocycles. The first-order valence-corrected chi connectivity index (χ1v) is 25.5. The molecule has 0 aliphatic heterocycles. The first kappa shape index (κ1) is 56.6. The van der Waals surface area contributed by atoms with E-state index in [4.69, 9.17) is 14.2 Å². The molecule has 0 spiro atoms. The van der Waals surface area contributed by atoms with Crippen LogP contribution >= 0.6 is 0 Å². The van der Waals surface area contributed by atoms with Gasteiger partial charge in [0.1, 0.15) is 13.2 Å². The van der Waals surface area contributed by atoms with Gasteiger partial charge in [0.15, 0.2) is 6.10 Å². The molecule has 0 radical (unpaired) electrons. The van der Waals surface area contributed by atoms with Crippen molar-refractivity contribution in [2.24, 2.45) is 0 Å². The first-order valence-electron chi connectivity index (χ1n) is 25.5. The van der Waals surface area contributed by atoms with E-state index in [1.807, 2.05) is 0 Å². The highest BCUT2D eigenvalue weighted by Gasteiger charge is 2.19. The molecule has 0 fully saturated rings. The number of rotatable bonds is 46. The van der Waals surface area contributed by atoms with Crippen LogP contribution < -0.4 is 0 Å². The molecule has 0 aromatic heterocycles. The molecule has 0 rings (SSSR count). The minimum absolute atomic E-state index is 0.0812. The van der Waals surface area contributed by atoms with E-state index >= 15 is 0 Å². The number of ether oxygens (including phenoxy) is 3. The molecule has 6 nitrogen and oxygen atoms in total. The van der Waals surface area contributed by atoms with E-state index in [9.17, 15) is 14.4 Å². The lowest BCUT2D eigenvalue weighted by Crippen LogP contribution is -2.30. The minimum Gasteiger partial charge on any atom is -0.462 e. The van der Waals surface area contributed by atoms with Gasteiger partial charge in [-0.05, 0) is 89.9 Å². The summed E-state index contributed by atoms with van der Waals surface area (Å²) < 4.78 is 16.8. The van der Waals surface area contributed by atoms with Gasteiger partial charge in [0.25, 0.3) is 0 Å². The van der Waals surface area contributed by atoms with E-state index in [2.05, 4.69) is 57.2 Å². The molecule has 6 heteroatoms. The average Bonchev–Trinajstić information content (AvgIpc) is 3.23. The summed E-state index contributed by atoms with van der Waals surface area (Å²) in [4.78, 5) is 37.9. The highest BCUT2D eigenvalue weighted by Crippen LogP contribution is 2.14. The number of allylic oxidation sites excluding steroid dienone is 6. The maximum absolute atomic E-state index is 12.8. The van der Waals surface area contributed by atoms with E-state index in [0.717, 1.165) is 83.5 Å². The highest BCUT2D eigenvalue weighted by molar-refractivity contribution is 5.71. The van der Waals surface area contributed by atoms with Crippen molar-refractivity contribution in [2.75, 3.05) is 13.2 Å². The number of carbonyl (C=O) groups is 3. The minimum atomic E-state index is -0.780. The van der Waals surface area contributed by atoms with Crippen LogP contribution in [0.3, 0.4) is 0 Å². The second-order valence-corrected chi connectivity index (χ2v) is 17.1. The van der Waals surface area contributed by atoms with Crippen LogP contribution in [0.2, 0.25) is 0 Å². The van der Waals surface area contributed by atoms with Crippen LogP contribution in [0.5, 0.6) is 0 Å². The summed E-state index contributed by atoms with van der Waals surface area (Å²) in [5.41, 5.74) is 0. The third-order valence-corrected chi connectivity index (χ3v) is 11.1. The molecular weight excluding hydrogens is 733 g/mol. The molecule has 0 heterocycles. The van der Waals surface area contributed by atoms with Crippen LogP contribution in [0.4, 0.5) is 0 Å². The van der Waals surface area contributed by atoms with Gasteiger partial charge in [-0.15, -0.1) is 0 Å². The van der Waals surface area contributed by atoms with Crippen LogP contribution in [0.1, 0.15) is 265 Å². The van der Waals surface area contributed by atoms with Gasteiger partial charge in [-0.1, -0.05) is 192 Å². The van der Waals surface area contributed by atoms with E-state index in [1.54, 1.807) is 0 Å². The lowest BCUT2D eigenvalue weighted by atomic mass is 10.1. The Morgan fingerprint density at radius 1 is 0.322 bits per heavy atom. The van der Waals surface area contributed by atoms with E-state index < -0.39 is 6.10 Å². The van der Waals surface area contributed by atoms with Crippen LogP contribution in [-0.2, 0) is 28.6 Å². The van der Waals surface area contributed by atoms with Crippen LogP contribution in [0.25, 0.3) is 0 Å². The average molecular weight is 829 g/mol. The van der Waals surface area contributed by atoms with Crippen molar-refractivity contribution >= 4 is 17.9 Å².